The van der Waals surface area contributed by atoms with Crippen LogP contribution in [0.2, 0.25) is 0 Å². The van der Waals surface area contributed by atoms with Gasteiger partial charge in [-0.1, -0.05) is 38.3 Å². The third-order valence-electron chi connectivity index (χ3n) is 4.78. The molecule has 1 fully saturated rings. The van der Waals surface area contributed by atoms with E-state index >= 15 is 0 Å². The van der Waals surface area contributed by atoms with Gasteiger partial charge in [-0.05, 0) is 43.4 Å². The Kier molecular flexibility index (Phi) is 7.79. The van der Waals surface area contributed by atoms with Gasteiger partial charge in [0.2, 0.25) is 15.9 Å². The number of likely N-dealkylation sites (N-methyl/N-ethyl adjacent to an activating group) is 1. The average Bonchev–Trinajstić information content (AvgIpc) is 2.67. The molecule has 0 radical (unpaired) electrons. The number of benzene rings is 1. The Hall–Kier alpha value is -1.93. The third-order valence-corrected chi connectivity index (χ3v) is 6.72. The van der Waals surface area contributed by atoms with Crippen LogP contribution < -0.4 is 5.32 Å². The predicted octanol–water partition coefficient (Wildman–Crippen LogP) is 3.02. The Morgan fingerprint density at radius 2 is 1.74 bits per heavy atom. The molecular weight excluding hydrogens is 368 g/mol. The van der Waals surface area contributed by atoms with Gasteiger partial charge in [-0.2, -0.15) is 4.31 Å². The van der Waals surface area contributed by atoms with E-state index in [-0.39, 0.29) is 18.0 Å². The minimum absolute atomic E-state index is 0.114. The highest BCUT2D eigenvalue weighted by Crippen LogP contribution is 2.33. The van der Waals surface area contributed by atoms with Crippen molar-refractivity contribution in [2.75, 3.05) is 19.7 Å². The van der Waals surface area contributed by atoms with E-state index in [1.165, 1.54) is 19.3 Å². The van der Waals surface area contributed by atoms with Crippen molar-refractivity contribution in [1.29, 1.82) is 0 Å². The van der Waals surface area contributed by atoms with Gasteiger partial charge in [0.05, 0.1) is 18.0 Å². The number of rotatable bonds is 7. The van der Waals surface area contributed by atoms with Crippen molar-refractivity contribution in [3.05, 3.63) is 29.8 Å². The first-order chi connectivity index (χ1) is 12.9. The molecule has 0 spiro atoms. The molecule has 1 aromatic carbocycles. The summed E-state index contributed by atoms with van der Waals surface area (Å²) in [6, 6.07) is 6.95. The molecule has 0 aromatic heterocycles. The van der Waals surface area contributed by atoms with Gasteiger partial charge in [-0.3, -0.25) is 10.1 Å². The molecular formula is C19H28N2O5S. The smallest absolute Gasteiger partial charge is 0.413 e. The largest absolute Gasteiger partial charge is 0.450 e. The molecule has 7 nitrogen and oxygen atoms in total. The summed E-state index contributed by atoms with van der Waals surface area (Å²) >= 11 is 0. The summed E-state index contributed by atoms with van der Waals surface area (Å²) in [4.78, 5) is 23.4. The molecule has 0 unspecified atom stereocenters. The second-order valence-corrected chi connectivity index (χ2v) is 8.54. The topological polar surface area (TPSA) is 92.8 Å². The summed E-state index contributed by atoms with van der Waals surface area (Å²) in [7, 11) is -3.82. The molecule has 1 aromatic rings. The summed E-state index contributed by atoms with van der Waals surface area (Å²) in [5.41, 5.74) is 1.16. The van der Waals surface area contributed by atoms with Crippen molar-refractivity contribution < 1.29 is 22.7 Å². The lowest BCUT2D eigenvalue weighted by molar-refractivity contribution is -0.120. The van der Waals surface area contributed by atoms with Gasteiger partial charge in [0, 0.05) is 6.54 Å². The van der Waals surface area contributed by atoms with Gasteiger partial charge >= 0.3 is 6.09 Å². The van der Waals surface area contributed by atoms with Crippen molar-refractivity contribution in [2.24, 2.45) is 0 Å². The lowest BCUT2D eigenvalue weighted by atomic mass is 9.84. The van der Waals surface area contributed by atoms with Crippen LogP contribution in [0.3, 0.4) is 0 Å². The maximum Gasteiger partial charge on any atom is 0.413 e. The zero-order chi connectivity index (χ0) is 19.9. The summed E-state index contributed by atoms with van der Waals surface area (Å²) in [6.45, 7) is 3.06. The third kappa shape index (κ3) is 5.77. The van der Waals surface area contributed by atoms with Gasteiger partial charge in [0.15, 0.2) is 0 Å². The Bertz CT molecular complexity index is 740. The second kappa shape index (κ2) is 9.85. The molecule has 2 amide bonds. The number of sulfonamides is 1. The van der Waals surface area contributed by atoms with Gasteiger partial charge in [0.1, 0.15) is 0 Å². The van der Waals surface area contributed by atoms with E-state index in [9.17, 15) is 18.0 Å². The van der Waals surface area contributed by atoms with Crippen LogP contribution in [0.1, 0.15) is 57.4 Å². The number of alkyl carbamates (subject to hydrolysis) is 1. The number of nitrogens with zero attached hydrogens (tertiary/aromatic N) is 1. The lowest BCUT2D eigenvalue weighted by Crippen LogP contribution is -2.42. The minimum atomic E-state index is -3.82. The van der Waals surface area contributed by atoms with Crippen LogP contribution in [0.4, 0.5) is 4.79 Å². The fourth-order valence-corrected chi connectivity index (χ4v) is 4.75. The van der Waals surface area contributed by atoms with Crippen LogP contribution in [-0.2, 0) is 19.6 Å². The van der Waals surface area contributed by atoms with Crippen LogP contribution in [0.15, 0.2) is 29.2 Å². The monoisotopic (exact) mass is 396 g/mol. The molecule has 0 atom stereocenters. The van der Waals surface area contributed by atoms with Crippen LogP contribution in [0.25, 0.3) is 0 Å². The van der Waals surface area contributed by atoms with Crippen molar-refractivity contribution in [1.82, 2.24) is 9.62 Å². The van der Waals surface area contributed by atoms with E-state index in [1.54, 1.807) is 26.0 Å². The van der Waals surface area contributed by atoms with Gasteiger partial charge in [-0.15, -0.1) is 0 Å². The number of imide groups is 1. The summed E-state index contributed by atoms with van der Waals surface area (Å²) in [6.07, 6.45) is 5.09. The van der Waals surface area contributed by atoms with Crippen LogP contribution >= 0.6 is 0 Å². The molecule has 1 N–H and O–H groups in total. The number of ether oxygens (including phenoxy) is 1. The van der Waals surface area contributed by atoms with Crippen molar-refractivity contribution in [2.45, 2.75) is 56.8 Å². The van der Waals surface area contributed by atoms with E-state index in [1.807, 2.05) is 17.4 Å². The Morgan fingerprint density at radius 1 is 1.11 bits per heavy atom. The normalized spacial score (nSPS) is 15.5. The van der Waals surface area contributed by atoms with E-state index in [2.05, 4.69) is 4.74 Å². The molecule has 8 heteroatoms. The molecule has 0 heterocycles. The first-order valence-corrected chi connectivity index (χ1v) is 10.9. The van der Waals surface area contributed by atoms with Crippen LogP contribution in [0.5, 0.6) is 0 Å². The van der Waals surface area contributed by atoms with Crippen LogP contribution in [-0.4, -0.2) is 44.4 Å². The number of carbonyl (C=O) groups is 2. The van der Waals surface area contributed by atoms with Gasteiger partial charge in [-0.25, -0.2) is 13.2 Å². The molecule has 0 saturated heterocycles. The minimum Gasteiger partial charge on any atom is -0.450 e. The Balaban J connectivity index is 2.07. The number of hydrogen-bond donors (Lipinski definition) is 1. The lowest BCUT2D eigenvalue weighted by Gasteiger charge is -2.23. The average molecular weight is 397 g/mol. The molecule has 1 aliphatic carbocycles. The Labute approximate surface area is 161 Å². The van der Waals surface area contributed by atoms with Crippen molar-refractivity contribution >= 4 is 22.0 Å². The molecule has 2 rings (SSSR count). The quantitative estimate of drug-likeness (QED) is 0.765. The molecule has 0 bridgehead atoms. The predicted molar refractivity (Wildman–Crippen MR) is 102 cm³/mol. The first-order valence-electron chi connectivity index (χ1n) is 9.45. The molecule has 1 saturated carbocycles. The van der Waals surface area contributed by atoms with Crippen molar-refractivity contribution in [3.8, 4) is 0 Å². The number of hydrogen-bond acceptors (Lipinski definition) is 5. The highest BCUT2D eigenvalue weighted by atomic mass is 32.2. The fraction of sp³-hybridized carbons (Fsp3) is 0.579. The highest BCUT2D eigenvalue weighted by Gasteiger charge is 2.26. The summed E-state index contributed by atoms with van der Waals surface area (Å²) in [5.74, 6) is -0.231. The van der Waals surface area contributed by atoms with Crippen molar-refractivity contribution in [3.63, 3.8) is 0 Å². The maximum atomic E-state index is 12.8. The Morgan fingerprint density at radius 3 is 2.30 bits per heavy atom. The maximum absolute atomic E-state index is 12.8. The fourth-order valence-electron chi connectivity index (χ4n) is 3.34. The van der Waals surface area contributed by atoms with Gasteiger partial charge in [0.25, 0.3) is 0 Å². The molecule has 0 aliphatic heterocycles. The van der Waals surface area contributed by atoms with Gasteiger partial charge < -0.3 is 4.74 Å². The number of amides is 2. The highest BCUT2D eigenvalue weighted by molar-refractivity contribution is 7.89. The zero-order valence-corrected chi connectivity index (χ0v) is 16.8. The van der Waals surface area contributed by atoms with E-state index in [0.717, 1.165) is 22.7 Å². The second-order valence-electron chi connectivity index (χ2n) is 6.60. The molecule has 27 heavy (non-hydrogen) atoms. The number of carbonyl (C=O) groups excluding carboxylic acids is 2. The van der Waals surface area contributed by atoms with Crippen LogP contribution in [0, 0.1) is 0 Å². The van der Waals surface area contributed by atoms with E-state index < -0.39 is 28.6 Å². The van der Waals surface area contributed by atoms with E-state index in [4.69, 9.17) is 0 Å². The summed E-state index contributed by atoms with van der Waals surface area (Å²) < 4.78 is 31.3. The summed E-state index contributed by atoms with van der Waals surface area (Å²) in [5, 5.41) is 2.02. The van der Waals surface area contributed by atoms with E-state index in [0.29, 0.717) is 5.92 Å². The SMILES string of the molecule is CCOC(=O)NC(=O)CN(CC)S(=O)(=O)c1ccc(C2CCCCC2)cc1. The standard InChI is InChI=1S/C19H28N2O5S/c1-3-21(14-18(22)20-19(23)26-4-2)27(24,25)17-12-10-16(11-13-17)15-8-6-5-7-9-15/h10-13,15H,3-9,14H2,1-2H3,(H,20,22,23). The zero-order valence-electron chi connectivity index (χ0n) is 15.9. The number of nitrogens with one attached hydrogen (secondary N) is 1. The first kappa shape index (κ1) is 21.4. The molecule has 150 valence electrons. The molecule has 1 aliphatic rings.